The van der Waals surface area contributed by atoms with Gasteiger partial charge in [0.25, 0.3) is 5.91 Å². The number of benzene rings is 3. The van der Waals surface area contributed by atoms with Crippen LogP contribution in [0.25, 0.3) is 10.9 Å². The first-order chi connectivity index (χ1) is 22.3. The Balaban J connectivity index is 1.02. The van der Waals surface area contributed by atoms with Gasteiger partial charge in [-0.2, -0.15) is 9.49 Å². The summed E-state index contributed by atoms with van der Waals surface area (Å²) in [4.78, 5) is 12.8. The van der Waals surface area contributed by atoms with Crippen molar-refractivity contribution in [2.75, 3.05) is 13.7 Å². The molecular weight excluding hydrogens is 610 g/mol. The van der Waals surface area contributed by atoms with Crippen LogP contribution in [0.4, 0.5) is 13.2 Å². The Kier molecular flexibility index (Phi) is 9.01. The molecule has 1 N–H and O–H groups in total. The fourth-order valence-corrected chi connectivity index (χ4v) is 6.06. The van der Waals surface area contributed by atoms with Crippen molar-refractivity contribution in [1.82, 2.24) is 15.1 Å². The van der Waals surface area contributed by atoms with Crippen molar-refractivity contribution in [1.29, 1.82) is 0 Å². The molecule has 2 fully saturated rings. The Morgan fingerprint density at radius 2 is 1.66 bits per heavy atom. The highest BCUT2D eigenvalue weighted by Gasteiger charge is 2.51. The van der Waals surface area contributed by atoms with Gasteiger partial charge in [-0.05, 0) is 94.6 Å². The highest BCUT2D eigenvalue weighted by Crippen LogP contribution is 2.37. The molecule has 0 spiro atoms. The summed E-state index contributed by atoms with van der Waals surface area (Å²) >= 11 is 0. The third-order valence-corrected chi connectivity index (χ3v) is 9.72. The van der Waals surface area contributed by atoms with E-state index < -0.39 is 53.0 Å². The Hall–Kier alpha value is -4.03. The smallest absolute Gasteiger partial charge is 0.494 e. The summed E-state index contributed by atoms with van der Waals surface area (Å²) in [5.41, 5.74) is 0.840. The van der Waals surface area contributed by atoms with E-state index in [0.29, 0.717) is 17.4 Å². The number of halogens is 3. The minimum atomic E-state index is -1.54. The monoisotopic (exact) mass is 649 g/mol. The van der Waals surface area contributed by atoms with Crippen molar-refractivity contribution in [3.63, 3.8) is 0 Å². The normalized spacial score (nSPS) is 20.4. The molecule has 0 bridgehead atoms. The SMILES string of the molecule is COc1ccc(COc2c(F)cc(C(=O)NCC3CCC(n4cc5ccc(B6OC(C)(C)C(C)(C)O6)cc5n4)CC3)c(F)c2F)cc1. The maximum Gasteiger partial charge on any atom is 0.494 e. The summed E-state index contributed by atoms with van der Waals surface area (Å²) < 4.78 is 69.1. The van der Waals surface area contributed by atoms with Crippen molar-refractivity contribution >= 4 is 29.4 Å². The van der Waals surface area contributed by atoms with E-state index in [1.54, 1.807) is 24.3 Å². The van der Waals surface area contributed by atoms with Gasteiger partial charge in [0.1, 0.15) is 12.4 Å². The number of aromatic nitrogens is 2. The number of amides is 1. The van der Waals surface area contributed by atoms with Crippen molar-refractivity contribution in [2.24, 2.45) is 5.92 Å². The van der Waals surface area contributed by atoms with Crippen LogP contribution in [0.5, 0.6) is 11.5 Å². The first-order valence-electron chi connectivity index (χ1n) is 15.9. The number of hydrogen-bond acceptors (Lipinski definition) is 6. The van der Waals surface area contributed by atoms with Crippen LogP contribution in [0.2, 0.25) is 0 Å². The molecule has 6 rings (SSSR count). The minimum Gasteiger partial charge on any atom is -0.497 e. The van der Waals surface area contributed by atoms with E-state index in [1.165, 1.54) is 7.11 Å². The molecule has 0 atom stereocenters. The van der Waals surface area contributed by atoms with E-state index in [2.05, 4.69) is 5.32 Å². The maximum atomic E-state index is 14.9. The van der Waals surface area contributed by atoms with Crippen molar-refractivity contribution in [2.45, 2.75) is 77.2 Å². The Morgan fingerprint density at radius 1 is 0.979 bits per heavy atom. The van der Waals surface area contributed by atoms with Gasteiger partial charge in [0.2, 0.25) is 5.82 Å². The predicted octanol–water partition coefficient (Wildman–Crippen LogP) is 6.50. The van der Waals surface area contributed by atoms with E-state index in [9.17, 15) is 18.0 Å². The van der Waals surface area contributed by atoms with Crippen molar-refractivity contribution in [3.8, 4) is 11.5 Å². The topological polar surface area (TPSA) is 83.8 Å². The van der Waals surface area contributed by atoms with Crippen LogP contribution in [-0.2, 0) is 15.9 Å². The second-order valence-electron chi connectivity index (χ2n) is 13.4. The molecular formula is C35H39BF3N3O5. The summed E-state index contributed by atoms with van der Waals surface area (Å²) in [6.45, 7) is 8.18. The van der Waals surface area contributed by atoms with Crippen LogP contribution < -0.4 is 20.3 Å². The van der Waals surface area contributed by atoms with Gasteiger partial charge in [0.15, 0.2) is 17.4 Å². The number of ether oxygens (including phenoxy) is 2. The van der Waals surface area contributed by atoms with Crippen LogP contribution in [0.3, 0.4) is 0 Å². The Bertz CT molecular complexity index is 1750. The lowest BCUT2D eigenvalue weighted by molar-refractivity contribution is 0.00578. The van der Waals surface area contributed by atoms with Gasteiger partial charge in [0.05, 0.1) is 35.4 Å². The average molecular weight is 650 g/mol. The molecule has 1 amide bonds. The number of carbonyl (C=O) groups is 1. The minimum absolute atomic E-state index is 0.139. The second kappa shape index (κ2) is 12.9. The third-order valence-electron chi connectivity index (χ3n) is 9.72. The number of rotatable bonds is 9. The molecule has 1 aliphatic carbocycles. The van der Waals surface area contributed by atoms with Gasteiger partial charge >= 0.3 is 7.12 Å². The van der Waals surface area contributed by atoms with Crippen molar-refractivity contribution < 1.29 is 36.7 Å². The largest absolute Gasteiger partial charge is 0.497 e. The molecule has 0 unspecified atom stereocenters. The van der Waals surface area contributed by atoms with Gasteiger partial charge in [-0.15, -0.1) is 0 Å². The summed E-state index contributed by atoms with van der Waals surface area (Å²) in [6, 6.07) is 13.6. The van der Waals surface area contributed by atoms with Crippen molar-refractivity contribution in [3.05, 3.63) is 83.3 Å². The molecule has 8 nitrogen and oxygen atoms in total. The Morgan fingerprint density at radius 3 is 2.32 bits per heavy atom. The predicted molar refractivity (Wildman–Crippen MR) is 172 cm³/mol. The standard InChI is InChI=1S/C35H39BF3N3O5/c1-34(2)35(3,4)47-36(46-34)24-11-10-23-19-42(41-29(23)16-24)25-12-6-21(7-13-25)18-40-33(43)27-17-28(37)32(31(39)30(27)38)45-20-22-8-14-26(44-5)15-9-22/h8-11,14-17,19,21,25H,6-7,12-13,18,20H2,1-5H3,(H,40,43). The molecule has 0 radical (unpaired) electrons. The zero-order chi connectivity index (χ0) is 33.5. The number of nitrogens with one attached hydrogen (secondary N) is 1. The molecule has 1 saturated carbocycles. The van der Waals surface area contributed by atoms with Gasteiger partial charge in [-0.1, -0.05) is 24.3 Å². The van der Waals surface area contributed by atoms with Gasteiger partial charge in [-0.25, -0.2) is 8.78 Å². The highest BCUT2D eigenvalue weighted by molar-refractivity contribution is 6.62. The van der Waals surface area contributed by atoms with Crippen LogP contribution in [-0.4, -0.2) is 47.7 Å². The molecule has 2 aliphatic rings. The molecule has 1 saturated heterocycles. The first-order valence-corrected chi connectivity index (χ1v) is 15.9. The van der Waals surface area contributed by atoms with Crippen LogP contribution >= 0.6 is 0 Å². The molecule has 4 aromatic rings. The first kappa shape index (κ1) is 32.9. The lowest BCUT2D eigenvalue weighted by Crippen LogP contribution is -2.41. The molecule has 248 valence electrons. The second-order valence-corrected chi connectivity index (χ2v) is 13.4. The Labute approximate surface area is 272 Å². The number of methoxy groups -OCH3 is 1. The molecule has 3 aromatic carbocycles. The molecule has 47 heavy (non-hydrogen) atoms. The lowest BCUT2D eigenvalue weighted by Gasteiger charge is -2.32. The average Bonchev–Trinajstić information content (AvgIpc) is 3.58. The van der Waals surface area contributed by atoms with E-state index >= 15 is 0 Å². The fourth-order valence-electron chi connectivity index (χ4n) is 6.06. The van der Waals surface area contributed by atoms with Crippen LogP contribution in [0.1, 0.15) is 75.3 Å². The molecule has 1 aliphatic heterocycles. The highest BCUT2D eigenvalue weighted by atomic mass is 19.2. The number of hydrogen-bond donors (Lipinski definition) is 1. The van der Waals surface area contributed by atoms with Crippen LogP contribution in [0.15, 0.2) is 54.7 Å². The lowest BCUT2D eigenvalue weighted by atomic mass is 9.79. The van der Waals surface area contributed by atoms with Crippen LogP contribution in [0, 0.1) is 23.4 Å². The van der Waals surface area contributed by atoms with Gasteiger partial charge in [0, 0.05) is 18.1 Å². The van der Waals surface area contributed by atoms with Gasteiger partial charge in [-0.3, -0.25) is 9.48 Å². The van der Waals surface area contributed by atoms with Gasteiger partial charge < -0.3 is 24.1 Å². The number of nitrogens with zero attached hydrogens (tertiary/aromatic N) is 2. The van der Waals surface area contributed by atoms with E-state index in [0.717, 1.165) is 42.0 Å². The molecule has 2 heterocycles. The summed E-state index contributed by atoms with van der Waals surface area (Å²) in [5.74, 6) is -5.15. The quantitative estimate of drug-likeness (QED) is 0.165. The number of fused-ring (bicyclic) bond motifs is 1. The number of carbonyl (C=O) groups excluding carboxylic acids is 1. The molecule has 1 aromatic heterocycles. The zero-order valence-electron chi connectivity index (χ0n) is 27.2. The van der Waals surface area contributed by atoms with E-state index in [1.807, 2.05) is 56.8 Å². The molecule has 12 heteroatoms. The zero-order valence-corrected chi connectivity index (χ0v) is 27.2. The van der Waals surface area contributed by atoms with E-state index in [-0.39, 0.29) is 25.1 Å². The summed E-state index contributed by atoms with van der Waals surface area (Å²) in [6.07, 6.45) is 5.35. The maximum absolute atomic E-state index is 14.9. The fraction of sp³-hybridized carbons (Fsp3) is 0.429. The van der Waals surface area contributed by atoms with E-state index in [4.69, 9.17) is 23.9 Å². The summed E-state index contributed by atoms with van der Waals surface area (Å²) in [7, 11) is 1.06. The summed E-state index contributed by atoms with van der Waals surface area (Å²) in [5, 5.41) is 8.55. The third kappa shape index (κ3) is 6.71.